The van der Waals surface area contributed by atoms with Gasteiger partial charge in [-0.3, -0.25) is 4.79 Å². The van der Waals surface area contributed by atoms with Gasteiger partial charge in [-0.1, -0.05) is 36.9 Å². The van der Waals surface area contributed by atoms with Crippen LogP contribution in [0.1, 0.15) is 81.8 Å². The fourth-order valence-corrected chi connectivity index (χ4v) is 4.61. The predicted molar refractivity (Wildman–Crippen MR) is 168 cm³/mol. The third kappa shape index (κ3) is 9.75. The highest BCUT2D eigenvalue weighted by molar-refractivity contribution is 6.25. The summed E-state index contributed by atoms with van der Waals surface area (Å²) >= 11 is 0. The number of amides is 1. The van der Waals surface area contributed by atoms with Crippen LogP contribution < -0.4 is 5.32 Å². The van der Waals surface area contributed by atoms with Gasteiger partial charge < -0.3 is 23.7 Å². The van der Waals surface area contributed by atoms with E-state index in [0.29, 0.717) is 44.8 Å². The zero-order chi connectivity index (χ0) is 31.4. The molecule has 0 unspecified atom stereocenters. The molecule has 1 aromatic heterocycles. The molecule has 0 aliphatic carbocycles. The van der Waals surface area contributed by atoms with Crippen LogP contribution in [0.15, 0.2) is 72.0 Å². The first-order chi connectivity index (χ1) is 19.9. The molecule has 1 N–H and O–H groups in total. The van der Waals surface area contributed by atoms with Crippen LogP contribution in [0.5, 0.6) is 0 Å². The van der Waals surface area contributed by atoms with E-state index >= 15 is 0 Å². The lowest BCUT2D eigenvalue weighted by Gasteiger charge is -2.19. The van der Waals surface area contributed by atoms with Crippen LogP contribution in [0, 0.1) is 13.8 Å². The van der Waals surface area contributed by atoms with Gasteiger partial charge in [0.05, 0.1) is 0 Å². The van der Waals surface area contributed by atoms with Crippen LogP contribution >= 0.6 is 0 Å². The number of carbonyl (C=O) groups is 3. The summed E-state index contributed by atoms with van der Waals surface area (Å²) in [6.45, 7) is 17.6. The number of hydroxylamine groups is 2. The highest BCUT2D eigenvalue weighted by Gasteiger charge is 2.20. The first-order valence-corrected chi connectivity index (χ1v) is 14.0. The number of hydrogen-bond acceptors (Lipinski definition) is 5. The van der Waals surface area contributed by atoms with Crippen LogP contribution in [0.25, 0.3) is 5.57 Å². The van der Waals surface area contributed by atoms with E-state index < -0.39 is 5.97 Å². The van der Waals surface area contributed by atoms with E-state index in [1.807, 2.05) is 71.0 Å². The average molecular weight is 575 g/mol. The summed E-state index contributed by atoms with van der Waals surface area (Å²) in [5, 5.41) is 4.18. The van der Waals surface area contributed by atoms with E-state index in [-0.39, 0.29) is 18.7 Å². The molecule has 0 aliphatic rings. The lowest BCUT2D eigenvalue weighted by atomic mass is 9.91. The van der Waals surface area contributed by atoms with Gasteiger partial charge >= 0.3 is 13.7 Å². The number of nitrogens with one attached hydrogen (secondary N) is 1. The van der Waals surface area contributed by atoms with Crippen LogP contribution in [0.3, 0.4) is 0 Å². The Morgan fingerprint density at radius 2 is 1.71 bits per heavy atom. The molecule has 7 nitrogen and oxygen atoms in total. The van der Waals surface area contributed by atoms with Crippen molar-refractivity contribution < 1.29 is 23.5 Å². The summed E-state index contributed by atoms with van der Waals surface area (Å²) < 4.78 is 15.6. The molecule has 0 fully saturated rings. The maximum absolute atomic E-state index is 14.0. The van der Waals surface area contributed by atoms with Gasteiger partial charge in [-0.15, -0.1) is 0 Å². The minimum absolute atomic E-state index is 0.157. The molecule has 42 heavy (non-hydrogen) atoms. The van der Waals surface area contributed by atoms with Crippen LogP contribution in [0.4, 0.5) is 10.0 Å². The largest absolute Gasteiger partial charge is 0.495 e. The number of allylic oxidation sites excluding steroid dienone is 5. The third-order valence-electron chi connectivity index (χ3n) is 6.91. The van der Waals surface area contributed by atoms with Crippen molar-refractivity contribution in [3.05, 3.63) is 94.5 Å². The van der Waals surface area contributed by atoms with Crippen molar-refractivity contribution in [3.8, 4) is 0 Å². The molecular weight excluding hydrogens is 532 g/mol. The number of hydrogen-bond donors (Lipinski definition) is 1. The van der Waals surface area contributed by atoms with Gasteiger partial charge in [-0.05, 0) is 94.4 Å². The Hall–Kier alpha value is -4.14. The molecule has 0 bridgehead atoms. The lowest BCUT2D eigenvalue weighted by molar-refractivity contribution is -0.176. The van der Waals surface area contributed by atoms with Gasteiger partial charge in [0.15, 0.2) is 0 Å². The number of aromatic nitrogens is 1. The number of halogens is 1. The molecule has 2 rings (SSSR count). The number of nitrogens with zero attached hydrogens (tertiary/aromatic N) is 2. The SMILES string of the molecule is C=C(C)/C=C(C)\C(C)=C(/c1ccc(NC(=O)CCCCC(=O)ON(C)C(=C)CCC=O)cc1)c1c(C)cc(C)n1[B]F. The van der Waals surface area contributed by atoms with Crippen molar-refractivity contribution in [2.75, 3.05) is 12.4 Å². The Morgan fingerprint density at radius 1 is 1.07 bits per heavy atom. The number of aldehydes is 1. The van der Waals surface area contributed by atoms with Gasteiger partial charge in [0, 0.05) is 54.7 Å². The van der Waals surface area contributed by atoms with Crippen LogP contribution in [-0.4, -0.2) is 42.4 Å². The van der Waals surface area contributed by atoms with Crippen LogP contribution in [-0.2, 0) is 19.2 Å². The molecule has 0 spiro atoms. The second-order valence-corrected chi connectivity index (χ2v) is 10.5. The van der Waals surface area contributed by atoms with Gasteiger partial charge in [-0.25, -0.2) is 9.86 Å². The number of rotatable bonds is 16. The Labute approximate surface area is 250 Å². The van der Waals surface area contributed by atoms with Gasteiger partial charge in [0.1, 0.15) is 6.29 Å². The standard InChI is InChI=1S/C33H42BFN3O4/c1-22(2)20-23(3)27(7)32(33-24(4)21-26(6)38(33)34-35)28-15-17-29(18-16-28)36-30(40)13-9-10-14-31(41)42-37(8)25(5)12-11-19-39/h15-21H,1,5,9-14H2,2-4,6-8H3,(H,36,40)/b23-20-,32-27+. The van der Waals surface area contributed by atoms with E-state index in [4.69, 9.17) is 4.84 Å². The van der Waals surface area contributed by atoms with Crippen molar-refractivity contribution in [1.82, 2.24) is 9.54 Å². The smallest absolute Gasteiger partial charge is 0.362 e. The zero-order valence-electron chi connectivity index (χ0n) is 25.7. The van der Waals surface area contributed by atoms with Crippen molar-refractivity contribution in [2.45, 2.75) is 73.1 Å². The molecular formula is C33H42BFN3O4. The number of unbranched alkanes of at least 4 members (excludes halogenated alkanes) is 1. The maximum atomic E-state index is 14.0. The number of benzene rings is 1. The average Bonchev–Trinajstić information content (AvgIpc) is 3.22. The van der Waals surface area contributed by atoms with E-state index in [0.717, 1.165) is 51.1 Å². The molecule has 1 heterocycles. The van der Waals surface area contributed by atoms with Gasteiger partial charge in [0.2, 0.25) is 5.91 Å². The Kier molecular flexibility index (Phi) is 13.3. The second kappa shape index (κ2) is 16.3. The number of anilines is 1. The highest BCUT2D eigenvalue weighted by Crippen LogP contribution is 2.34. The van der Waals surface area contributed by atoms with E-state index in [9.17, 15) is 18.7 Å². The minimum Gasteiger partial charge on any atom is -0.362 e. The summed E-state index contributed by atoms with van der Waals surface area (Å²) in [4.78, 5) is 40.3. The summed E-state index contributed by atoms with van der Waals surface area (Å²) in [7, 11) is 2.16. The fraction of sp³-hybridized carbons (Fsp3) is 0.364. The van der Waals surface area contributed by atoms with Crippen molar-refractivity contribution >= 4 is 37.1 Å². The van der Waals surface area contributed by atoms with E-state index in [2.05, 4.69) is 18.5 Å². The molecule has 0 saturated carbocycles. The third-order valence-corrected chi connectivity index (χ3v) is 6.91. The summed E-state index contributed by atoms with van der Waals surface area (Å²) in [5.41, 5.74) is 8.43. The molecule has 1 radical (unpaired) electrons. The molecule has 0 atom stereocenters. The monoisotopic (exact) mass is 574 g/mol. The molecule has 1 amide bonds. The zero-order valence-corrected chi connectivity index (χ0v) is 25.7. The van der Waals surface area contributed by atoms with Crippen LogP contribution in [0.2, 0.25) is 0 Å². The number of aryl methyl sites for hydroxylation is 2. The molecule has 223 valence electrons. The summed E-state index contributed by atoms with van der Waals surface area (Å²) in [5.74, 6) is -0.579. The van der Waals surface area contributed by atoms with Crippen molar-refractivity contribution in [3.63, 3.8) is 0 Å². The number of carbonyl (C=O) groups excluding carboxylic acids is 3. The van der Waals surface area contributed by atoms with Gasteiger partial charge in [-0.2, -0.15) is 0 Å². The fourth-order valence-electron chi connectivity index (χ4n) is 4.61. The first kappa shape index (κ1) is 34.1. The Balaban J connectivity index is 2.07. The molecule has 2 aromatic rings. The van der Waals surface area contributed by atoms with Crippen molar-refractivity contribution in [1.29, 1.82) is 0 Å². The highest BCUT2D eigenvalue weighted by atomic mass is 19.1. The maximum Gasteiger partial charge on any atom is 0.495 e. The van der Waals surface area contributed by atoms with E-state index in [1.165, 1.54) is 5.06 Å². The summed E-state index contributed by atoms with van der Waals surface area (Å²) in [6.07, 6.45) is 4.95. The Morgan fingerprint density at radius 3 is 2.31 bits per heavy atom. The minimum atomic E-state index is -0.421. The lowest BCUT2D eigenvalue weighted by Crippen LogP contribution is -2.22. The molecule has 9 heteroatoms. The topological polar surface area (TPSA) is 80.6 Å². The normalized spacial score (nSPS) is 11.8. The van der Waals surface area contributed by atoms with Gasteiger partial charge in [0.25, 0.3) is 0 Å². The second-order valence-electron chi connectivity index (χ2n) is 10.5. The summed E-state index contributed by atoms with van der Waals surface area (Å²) in [6, 6.07) is 9.45. The quantitative estimate of drug-likeness (QED) is 0.0755. The Bertz CT molecular complexity index is 1370. The molecule has 0 aliphatic heterocycles. The van der Waals surface area contributed by atoms with E-state index in [1.54, 1.807) is 11.5 Å². The first-order valence-electron chi connectivity index (χ1n) is 14.0. The molecule has 1 aromatic carbocycles. The van der Waals surface area contributed by atoms with Crippen molar-refractivity contribution in [2.24, 2.45) is 0 Å². The molecule has 0 saturated heterocycles. The predicted octanol–water partition coefficient (Wildman–Crippen LogP) is 7.18.